The van der Waals surface area contributed by atoms with E-state index in [1.54, 1.807) is 0 Å². The number of esters is 1. The number of hydrogen-bond donors (Lipinski definition) is 1. The fourth-order valence-electron chi connectivity index (χ4n) is 1.41. The van der Waals surface area contributed by atoms with Gasteiger partial charge in [-0.25, -0.2) is 0 Å². The van der Waals surface area contributed by atoms with Gasteiger partial charge in [0.2, 0.25) is 0 Å². The molecule has 0 aliphatic heterocycles. The average molecular weight is 201 g/mol. The average Bonchev–Trinajstić information content (AvgIpc) is 2.17. The predicted molar refractivity (Wildman–Crippen MR) is 58.2 cm³/mol. The Morgan fingerprint density at radius 2 is 2.07 bits per heavy atom. The maximum atomic E-state index is 11.0. The van der Waals surface area contributed by atoms with E-state index >= 15 is 0 Å². The minimum absolute atomic E-state index is 0.105. The third-order valence-corrected chi connectivity index (χ3v) is 2.20. The molecule has 0 saturated carbocycles. The molecule has 1 atom stereocenters. The number of rotatable bonds is 8. The highest BCUT2D eigenvalue weighted by atomic mass is 16.5. The summed E-state index contributed by atoms with van der Waals surface area (Å²) >= 11 is 0. The van der Waals surface area contributed by atoms with Gasteiger partial charge in [0.25, 0.3) is 0 Å². The van der Waals surface area contributed by atoms with Crippen molar-refractivity contribution in [2.24, 2.45) is 0 Å². The van der Waals surface area contributed by atoms with Gasteiger partial charge < -0.3 is 10.1 Å². The monoisotopic (exact) mass is 201 g/mol. The van der Waals surface area contributed by atoms with E-state index in [0.717, 1.165) is 13.0 Å². The van der Waals surface area contributed by atoms with Crippen molar-refractivity contribution < 1.29 is 9.53 Å². The molecule has 14 heavy (non-hydrogen) atoms. The van der Waals surface area contributed by atoms with E-state index in [9.17, 15) is 4.79 Å². The lowest BCUT2D eigenvalue weighted by atomic mass is 10.1. The molecule has 0 heterocycles. The lowest BCUT2D eigenvalue weighted by molar-refractivity contribution is -0.143. The van der Waals surface area contributed by atoms with Gasteiger partial charge in [-0.05, 0) is 19.8 Å². The standard InChI is InChI=1S/C11H23NO2/c1-4-7-10(5-2)12-9-8-11(13)14-6-3/h10,12H,4-9H2,1-3H3. The molecule has 0 aromatic carbocycles. The number of ether oxygens (including phenoxy) is 1. The Morgan fingerprint density at radius 3 is 2.57 bits per heavy atom. The van der Waals surface area contributed by atoms with Crippen LogP contribution in [0.25, 0.3) is 0 Å². The molecular weight excluding hydrogens is 178 g/mol. The van der Waals surface area contributed by atoms with Crippen LogP contribution in [0.15, 0.2) is 0 Å². The van der Waals surface area contributed by atoms with Gasteiger partial charge in [-0.3, -0.25) is 4.79 Å². The van der Waals surface area contributed by atoms with Gasteiger partial charge in [0.1, 0.15) is 0 Å². The third kappa shape index (κ3) is 6.89. The van der Waals surface area contributed by atoms with Crippen molar-refractivity contribution in [1.29, 1.82) is 0 Å². The Morgan fingerprint density at radius 1 is 1.36 bits per heavy atom. The highest BCUT2D eigenvalue weighted by Gasteiger charge is 2.05. The van der Waals surface area contributed by atoms with E-state index < -0.39 is 0 Å². The van der Waals surface area contributed by atoms with Crippen molar-refractivity contribution in [3.05, 3.63) is 0 Å². The topological polar surface area (TPSA) is 38.3 Å². The third-order valence-electron chi connectivity index (χ3n) is 2.20. The van der Waals surface area contributed by atoms with Crippen LogP contribution in [0.4, 0.5) is 0 Å². The van der Waals surface area contributed by atoms with Crippen LogP contribution in [-0.2, 0) is 9.53 Å². The van der Waals surface area contributed by atoms with Crippen molar-refractivity contribution in [1.82, 2.24) is 5.32 Å². The molecular formula is C11H23NO2. The molecule has 3 nitrogen and oxygen atoms in total. The Kier molecular flexibility index (Phi) is 8.64. The lowest BCUT2D eigenvalue weighted by Gasteiger charge is -2.15. The molecule has 0 amide bonds. The smallest absolute Gasteiger partial charge is 0.307 e. The van der Waals surface area contributed by atoms with Gasteiger partial charge in [-0.1, -0.05) is 20.3 Å². The maximum absolute atomic E-state index is 11.0. The molecule has 0 rings (SSSR count). The first-order chi connectivity index (χ1) is 6.74. The van der Waals surface area contributed by atoms with Crippen LogP contribution in [0.1, 0.15) is 46.5 Å². The van der Waals surface area contributed by atoms with Crippen molar-refractivity contribution in [3.8, 4) is 0 Å². The summed E-state index contributed by atoms with van der Waals surface area (Å²) in [5, 5.41) is 3.36. The van der Waals surface area contributed by atoms with Crippen molar-refractivity contribution in [2.45, 2.75) is 52.5 Å². The van der Waals surface area contributed by atoms with Gasteiger partial charge in [0, 0.05) is 12.6 Å². The van der Waals surface area contributed by atoms with Crippen LogP contribution >= 0.6 is 0 Å². The second-order valence-electron chi connectivity index (χ2n) is 3.40. The molecule has 0 spiro atoms. The molecule has 84 valence electrons. The zero-order valence-electron chi connectivity index (χ0n) is 9.64. The van der Waals surface area contributed by atoms with Gasteiger partial charge >= 0.3 is 5.97 Å². The molecule has 0 radical (unpaired) electrons. The molecule has 0 aromatic rings. The second-order valence-corrected chi connectivity index (χ2v) is 3.40. The highest BCUT2D eigenvalue weighted by molar-refractivity contribution is 5.69. The summed E-state index contributed by atoms with van der Waals surface area (Å²) in [6.45, 7) is 7.38. The van der Waals surface area contributed by atoms with E-state index in [4.69, 9.17) is 4.74 Å². The Bertz CT molecular complexity index is 148. The van der Waals surface area contributed by atoms with Gasteiger partial charge in [-0.2, -0.15) is 0 Å². The second kappa shape index (κ2) is 9.00. The largest absolute Gasteiger partial charge is 0.466 e. The quantitative estimate of drug-likeness (QED) is 0.611. The van der Waals surface area contributed by atoms with E-state index in [1.165, 1.54) is 12.8 Å². The van der Waals surface area contributed by atoms with Crippen LogP contribution in [-0.4, -0.2) is 25.2 Å². The van der Waals surface area contributed by atoms with Gasteiger partial charge in [0.05, 0.1) is 13.0 Å². The van der Waals surface area contributed by atoms with Crippen LogP contribution in [0.2, 0.25) is 0 Å². The summed E-state index contributed by atoms with van der Waals surface area (Å²) < 4.78 is 4.84. The molecule has 0 fully saturated rings. The molecule has 0 aliphatic rings. The van der Waals surface area contributed by atoms with E-state index in [0.29, 0.717) is 19.1 Å². The normalized spacial score (nSPS) is 12.5. The highest BCUT2D eigenvalue weighted by Crippen LogP contribution is 2.00. The molecule has 0 aromatic heterocycles. The minimum Gasteiger partial charge on any atom is -0.466 e. The Balaban J connectivity index is 3.45. The molecule has 0 saturated heterocycles. The molecule has 1 unspecified atom stereocenters. The predicted octanol–water partition coefficient (Wildman–Crippen LogP) is 2.11. The van der Waals surface area contributed by atoms with Crippen LogP contribution in [0, 0.1) is 0 Å². The van der Waals surface area contributed by atoms with E-state index in [-0.39, 0.29) is 5.97 Å². The zero-order chi connectivity index (χ0) is 10.8. The fraction of sp³-hybridized carbons (Fsp3) is 0.909. The number of hydrogen-bond acceptors (Lipinski definition) is 3. The molecule has 1 N–H and O–H groups in total. The first kappa shape index (κ1) is 13.4. The van der Waals surface area contributed by atoms with E-state index in [1.807, 2.05) is 6.92 Å². The van der Waals surface area contributed by atoms with E-state index in [2.05, 4.69) is 19.2 Å². The summed E-state index contributed by atoms with van der Waals surface area (Å²) in [7, 11) is 0. The molecule has 3 heteroatoms. The summed E-state index contributed by atoms with van der Waals surface area (Å²) in [4.78, 5) is 11.0. The van der Waals surface area contributed by atoms with Crippen LogP contribution < -0.4 is 5.32 Å². The number of carbonyl (C=O) groups is 1. The number of nitrogens with one attached hydrogen (secondary N) is 1. The summed E-state index contributed by atoms with van der Waals surface area (Å²) in [6.07, 6.45) is 3.97. The van der Waals surface area contributed by atoms with Gasteiger partial charge in [0.15, 0.2) is 0 Å². The first-order valence-electron chi connectivity index (χ1n) is 5.63. The van der Waals surface area contributed by atoms with Crippen LogP contribution in [0.3, 0.4) is 0 Å². The Labute approximate surface area is 87.2 Å². The first-order valence-corrected chi connectivity index (χ1v) is 5.63. The summed E-state index contributed by atoms with van der Waals surface area (Å²) in [5.74, 6) is -0.105. The SMILES string of the molecule is CCCC(CC)NCCC(=O)OCC. The molecule has 0 bridgehead atoms. The molecule has 0 aliphatic carbocycles. The number of carbonyl (C=O) groups excluding carboxylic acids is 1. The van der Waals surface area contributed by atoms with Crippen molar-refractivity contribution >= 4 is 5.97 Å². The van der Waals surface area contributed by atoms with Crippen LogP contribution in [0.5, 0.6) is 0 Å². The summed E-state index contributed by atoms with van der Waals surface area (Å²) in [5.41, 5.74) is 0. The fourth-order valence-corrected chi connectivity index (χ4v) is 1.41. The minimum atomic E-state index is -0.105. The lowest BCUT2D eigenvalue weighted by Crippen LogP contribution is -2.30. The summed E-state index contributed by atoms with van der Waals surface area (Å²) in [6, 6.07) is 0.550. The zero-order valence-corrected chi connectivity index (χ0v) is 9.64. The van der Waals surface area contributed by atoms with Crippen molar-refractivity contribution in [3.63, 3.8) is 0 Å². The van der Waals surface area contributed by atoms with Crippen molar-refractivity contribution in [2.75, 3.05) is 13.2 Å². The van der Waals surface area contributed by atoms with Gasteiger partial charge in [-0.15, -0.1) is 0 Å². The Hall–Kier alpha value is -0.570. The maximum Gasteiger partial charge on any atom is 0.307 e.